The van der Waals surface area contributed by atoms with Gasteiger partial charge in [-0.3, -0.25) is 0 Å². The van der Waals surface area contributed by atoms with E-state index < -0.39 is 51.0 Å². The van der Waals surface area contributed by atoms with Crippen LogP contribution in [0.5, 0.6) is 0 Å². The van der Waals surface area contributed by atoms with Crippen molar-refractivity contribution in [1.82, 2.24) is 0 Å². The Kier molecular flexibility index (Phi) is 10.7. The smallest absolute Gasteiger partial charge is 0.382 e. The normalized spacial score (nSPS) is 15.7. The van der Waals surface area contributed by atoms with Crippen LogP contribution < -0.4 is 0 Å². The summed E-state index contributed by atoms with van der Waals surface area (Å²) in [4.78, 5) is 0. The third kappa shape index (κ3) is 10.7. The first-order valence-corrected chi connectivity index (χ1v) is 6.48. The van der Waals surface area contributed by atoms with Crippen LogP contribution in [-0.2, 0) is 23.7 Å². The maximum Gasteiger partial charge on any atom is 0.384 e. The Bertz CT molecular complexity index is 308. The van der Waals surface area contributed by atoms with E-state index in [1.165, 1.54) is 14.2 Å². The molecule has 0 aliphatic heterocycles. The number of halogens is 6. The van der Waals surface area contributed by atoms with E-state index in [2.05, 4.69) is 9.47 Å². The Morgan fingerprint density at radius 1 is 0.783 bits per heavy atom. The zero-order valence-electron chi connectivity index (χ0n) is 12.7. The number of rotatable bonds is 14. The van der Waals surface area contributed by atoms with Crippen LogP contribution in [0, 0.1) is 0 Å². The van der Waals surface area contributed by atoms with Gasteiger partial charge in [-0.15, -0.1) is 0 Å². The molecule has 0 rings (SSSR count). The summed E-state index contributed by atoms with van der Waals surface area (Å²) in [6, 6.07) is 0. The van der Waals surface area contributed by atoms with Gasteiger partial charge >= 0.3 is 12.2 Å². The van der Waals surface area contributed by atoms with E-state index in [0.29, 0.717) is 0 Å². The highest BCUT2D eigenvalue weighted by Gasteiger charge is 2.37. The van der Waals surface area contributed by atoms with Gasteiger partial charge in [0, 0.05) is 14.2 Å². The number of hydrogen-bond donors (Lipinski definition) is 0. The zero-order valence-corrected chi connectivity index (χ0v) is 12.7. The van der Waals surface area contributed by atoms with E-state index in [-0.39, 0.29) is 13.2 Å². The molecule has 0 heterocycles. The van der Waals surface area contributed by atoms with Crippen molar-refractivity contribution in [2.75, 3.05) is 54.0 Å². The molecule has 5 nitrogen and oxygen atoms in total. The minimum atomic E-state index is -4.20. The lowest BCUT2D eigenvalue weighted by Crippen LogP contribution is -2.39. The Labute approximate surface area is 129 Å². The van der Waals surface area contributed by atoms with Crippen molar-refractivity contribution in [2.24, 2.45) is 0 Å². The van der Waals surface area contributed by atoms with Crippen molar-refractivity contribution in [3.8, 4) is 0 Å². The number of hydrogen-bond acceptors (Lipinski definition) is 5. The molecule has 2 atom stereocenters. The van der Waals surface area contributed by atoms with Gasteiger partial charge in [0.15, 0.2) is 13.3 Å². The molecule has 0 aromatic heterocycles. The van der Waals surface area contributed by atoms with Crippen molar-refractivity contribution in [3.05, 3.63) is 0 Å². The summed E-state index contributed by atoms with van der Waals surface area (Å²) in [5, 5.41) is 0. The standard InChI is InChI=1S/C12H20F6O5/c1-19-3-9(20-2)4-21-5-10(23-12(17,18)8-14)6-22-11(15,16)7-13/h9-10H,3-8H2,1-2H3. The van der Waals surface area contributed by atoms with E-state index in [1.54, 1.807) is 0 Å². The molecule has 140 valence electrons. The molecule has 0 saturated carbocycles. The van der Waals surface area contributed by atoms with Gasteiger partial charge in [-0.05, 0) is 0 Å². The van der Waals surface area contributed by atoms with Crippen molar-refractivity contribution >= 4 is 0 Å². The molecule has 0 amide bonds. The quantitative estimate of drug-likeness (QED) is 0.446. The average molecular weight is 358 g/mol. The molecule has 0 saturated heterocycles. The predicted molar refractivity (Wildman–Crippen MR) is 66.2 cm³/mol. The van der Waals surface area contributed by atoms with Gasteiger partial charge in [0.25, 0.3) is 0 Å². The molecule has 0 aromatic rings. The third-order valence-electron chi connectivity index (χ3n) is 2.42. The van der Waals surface area contributed by atoms with Crippen LogP contribution in [0.25, 0.3) is 0 Å². The van der Waals surface area contributed by atoms with Crippen LogP contribution in [0.3, 0.4) is 0 Å². The first-order chi connectivity index (χ1) is 10.7. The second-order valence-corrected chi connectivity index (χ2v) is 4.44. The van der Waals surface area contributed by atoms with Crippen LogP contribution in [0.4, 0.5) is 26.3 Å². The first kappa shape index (κ1) is 22.4. The molecule has 0 fully saturated rings. The van der Waals surface area contributed by atoms with Crippen LogP contribution >= 0.6 is 0 Å². The molecule has 0 N–H and O–H groups in total. The summed E-state index contributed by atoms with van der Waals surface area (Å²) in [5.74, 6) is 0. The highest BCUT2D eigenvalue weighted by molar-refractivity contribution is 4.64. The lowest BCUT2D eigenvalue weighted by Gasteiger charge is -2.25. The fraction of sp³-hybridized carbons (Fsp3) is 1.00. The molecule has 0 aliphatic rings. The molecule has 0 bridgehead atoms. The predicted octanol–water partition coefficient (Wildman–Crippen LogP) is 2.19. The van der Waals surface area contributed by atoms with Gasteiger partial charge in [-0.25, -0.2) is 8.78 Å². The molecular weight excluding hydrogens is 338 g/mol. The lowest BCUT2D eigenvalue weighted by molar-refractivity contribution is -0.308. The summed E-state index contributed by atoms with van der Waals surface area (Å²) < 4.78 is 97.6. The van der Waals surface area contributed by atoms with Gasteiger partial charge in [0.05, 0.1) is 26.4 Å². The first-order valence-electron chi connectivity index (χ1n) is 6.48. The third-order valence-corrected chi connectivity index (χ3v) is 2.42. The van der Waals surface area contributed by atoms with E-state index in [9.17, 15) is 26.3 Å². The second-order valence-electron chi connectivity index (χ2n) is 4.44. The Hall–Kier alpha value is -0.620. The van der Waals surface area contributed by atoms with Crippen LogP contribution in [0.2, 0.25) is 0 Å². The van der Waals surface area contributed by atoms with Crippen molar-refractivity contribution < 1.29 is 50.0 Å². The summed E-state index contributed by atoms with van der Waals surface area (Å²) in [5.41, 5.74) is 0. The summed E-state index contributed by atoms with van der Waals surface area (Å²) in [6.45, 7) is -6.02. The van der Waals surface area contributed by atoms with Crippen molar-refractivity contribution in [1.29, 1.82) is 0 Å². The van der Waals surface area contributed by atoms with E-state index in [0.717, 1.165) is 0 Å². The lowest BCUT2D eigenvalue weighted by atomic mass is 10.3. The van der Waals surface area contributed by atoms with Gasteiger partial charge < -0.3 is 23.7 Å². The Morgan fingerprint density at radius 3 is 1.83 bits per heavy atom. The van der Waals surface area contributed by atoms with Gasteiger partial charge in [-0.1, -0.05) is 0 Å². The summed E-state index contributed by atoms with van der Waals surface area (Å²) in [6.07, 6.45) is -10.6. The summed E-state index contributed by atoms with van der Waals surface area (Å²) in [7, 11) is 2.75. The maximum atomic E-state index is 12.9. The topological polar surface area (TPSA) is 46.2 Å². The van der Waals surface area contributed by atoms with Crippen molar-refractivity contribution in [2.45, 2.75) is 24.4 Å². The molecule has 0 aromatic carbocycles. The fourth-order valence-electron chi connectivity index (χ4n) is 1.35. The van der Waals surface area contributed by atoms with Crippen LogP contribution in [0.1, 0.15) is 0 Å². The highest BCUT2D eigenvalue weighted by Crippen LogP contribution is 2.21. The van der Waals surface area contributed by atoms with Crippen LogP contribution in [0.15, 0.2) is 0 Å². The molecule has 23 heavy (non-hydrogen) atoms. The Balaban J connectivity index is 4.48. The SMILES string of the molecule is COCC(COCC(COC(F)(F)CF)OC(F)(F)CF)OC. The summed E-state index contributed by atoms with van der Waals surface area (Å²) >= 11 is 0. The minimum Gasteiger partial charge on any atom is -0.382 e. The monoisotopic (exact) mass is 358 g/mol. The maximum absolute atomic E-state index is 12.9. The van der Waals surface area contributed by atoms with E-state index in [4.69, 9.17) is 14.2 Å². The second kappa shape index (κ2) is 11.0. The van der Waals surface area contributed by atoms with Gasteiger partial charge in [0.1, 0.15) is 12.2 Å². The largest absolute Gasteiger partial charge is 0.384 e. The molecule has 0 radical (unpaired) electrons. The average Bonchev–Trinajstić information content (AvgIpc) is 2.51. The minimum absolute atomic E-state index is 0.120. The van der Waals surface area contributed by atoms with E-state index in [1.807, 2.05) is 0 Å². The number of ether oxygens (including phenoxy) is 5. The Morgan fingerprint density at radius 2 is 1.35 bits per heavy atom. The zero-order chi connectivity index (χ0) is 17.9. The van der Waals surface area contributed by atoms with Gasteiger partial charge in [-0.2, -0.15) is 17.6 Å². The molecule has 2 unspecified atom stereocenters. The molecular formula is C12H20F6O5. The number of alkyl halides is 6. The molecule has 0 aliphatic carbocycles. The fourth-order valence-corrected chi connectivity index (χ4v) is 1.35. The van der Waals surface area contributed by atoms with E-state index >= 15 is 0 Å². The van der Waals surface area contributed by atoms with Crippen molar-refractivity contribution in [3.63, 3.8) is 0 Å². The number of methoxy groups -OCH3 is 2. The van der Waals surface area contributed by atoms with Gasteiger partial charge in [0.2, 0.25) is 0 Å². The highest BCUT2D eigenvalue weighted by atomic mass is 19.3. The van der Waals surface area contributed by atoms with Crippen LogP contribution in [-0.4, -0.2) is 78.4 Å². The molecule has 0 spiro atoms. The molecule has 11 heteroatoms.